The van der Waals surface area contributed by atoms with Gasteiger partial charge in [0.15, 0.2) is 0 Å². The van der Waals surface area contributed by atoms with Gasteiger partial charge in [0.25, 0.3) is 0 Å². The number of hydrogen-bond acceptors (Lipinski definition) is 4. The van der Waals surface area contributed by atoms with Crippen LogP contribution in [0.5, 0.6) is 5.75 Å². The molecule has 3 nitrogen and oxygen atoms in total. The first-order valence-electron chi connectivity index (χ1n) is 7.05. The minimum Gasteiger partial charge on any atom is -0.496 e. The molecule has 0 bridgehead atoms. The summed E-state index contributed by atoms with van der Waals surface area (Å²) in [5.41, 5.74) is -0.435. The molecular formula is C16H22N2OS. The summed E-state index contributed by atoms with van der Waals surface area (Å²) in [6.45, 7) is 4.17. The minimum absolute atomic E-state index is 0.349. The summed E-state index contributed by atoms with van der Waals surface area (Å²) in [6.07, 6.45) is 3.22. The van der Waals surface area contributed by atoms with E-state index in [-0.39, 0.29) is 0 Å². The molecule has 0 radical (unpaired) electrons. The number of ether oxygens (including phenoxy) is 1. The molecule has 2 unspecified atom stereocenters. The van der Waals surface area contributed by atoms with Crippen molar-refractivity contribution >= 4 is 11.8 Å². The van der Waals surface area contributed by atoms with Gasteiger partial charge in [-0.1, -0.05) is 19.1 Å². The number of nitrogens with one attached hydrogen (secondary N) is 1. The van der Waals surface area contributed by atoms with Crippen LogP contribution < -0.4 is 10.1 Å². The van der Waals surface area contributed by atoms with Crippen molar-refractivity contribution in [2.75, 3.05) is 7.11 Å². The van der Waals surface area contributed by atoms with Gasteiger partial charge >= 0.3 is 0 Å². The molecule has 0 heterocycles. The van der Waals surface area contributed by atoms with E-state index < -0.39 is 5.54 Å². The Bertz CT molecular complexity index is 495. The standard InChI is InChI=1S/C16H22N2OS/c1-12(10-16(2,11-17)18-13-8-9-13)20-15-7-5-4-6-14(15)19-3/h4-7,12-13,18H,8-10H2,1-3H3. The van der Waals surface area contributed by atoms with Crippen LogP contribution in [0.2, 0.25) is 0 Å². The van der Waals surface area contributed by atoms with Crippen molar-refractivity contribution in [3.05, 3.63) is 24.3 Å². The Morgan fingerprint density at radius 2 is 2.20 bits per heavy atom. The monoisotopic (exact) mass is 290 g/mol. The van der Waals surface area contributed by atoms with E-state index in [1.807, 2.05) is 25.1 Å². The predicted octanol–water partition coefficient (Wildman–Crippen LogP) is 3.60. The molecule has 1 aromatic rings. The van der Waals surface area contributed by atoms with Crippen LogP contribution in [0.1, 0.15) is 33.1 Å². The molecule has 0 aromatic heterocycles. The summed E-state index contributed by atoms with van der Waals surface area (Å²) in [4.78, 5) is 1.13. The van der Waals surface area contributed by atoms with Crippen molar-refractivity contribution in [3.63, 3.8) is 0 Å². The molecule has 1 N–H and O–H groups in total. The highest BCUT2D eigenvalue weighted by Gasteiger charge is 2.33. The number of thioether (sulfide) groups is 1. The largest absolute Gasteiger partial charge is 0.496 e. The van der Waals surface area contributed by atoms with Crippen molar-refractivity contribution < 1.29 is 4.74 Å². The summed E-state index contributed by atoms with van der Waals surface area (Å²) < 4.78 is 5.38. The third-order valence-corrected chi connectivity index (χ3v) is 4.60. The fourth-order valence-electron chi connectivity index (χ4n) is 2.36. The Morgan fingerprint density at radius 1 is 1.50 bits per heavy atom. The Balaban J connectivity index is 1.97. The van der Waals surface area contributed by atoms with Crippen LogP contribution in [0.25, 0.3) is 0 Å². The number of nitrogens with zero attached hydrogens (tertiary/aromatic N) is 1. The molecule has 2 atom stereocenters. The second-order valence-corrected chi connectivity index (χ2v) is 7.13. The topological polar surface area (TPSA) is 45.0 Å². The highest BCUT2D eigenvalue weighted by molar-refractivity contribution is 8.00. The van der Waals surface area contributed by atoms with Gasteiger partial charge in [-0.3, -0.25) is 5.32 Å². The average molecular weight is 290 g/mol. The van der Waals surface area contributed by atoms with Crippen molar-refractivity contribution in [2.24, 2.45) is 0 Å². The lowest BCUT2D eigenvalue weighted by Crippen LogP contribution is -2.44. The molecule has 1 aliphatic carbocycles. The molecule has 0 saturated heterocycles. The fourth-order valence-corrected chi connectivity index (χ4v) is 3.64. The van der Waals surface area contributed by atoms with Crippen LogP contribution >= 0.6 is 11.8 Å². The molecule has 108 valence electrons. The van der Waals surface area contributed by atoms with Gasteiger partial charge in [-0.2, -0.15) is 5.26 Å². The molecule has 0 spiro atoms. The van der Waals surface area contributed by atoms with Crippen LogP contribution in [0.15, 0.2) is 29.2 Å². The molecule has 1 saturated carbocycles. The lowest BCUT2D eigenvalue weighted by atomic mass is 9.98. The summed E-state index contributed by atoms with van der Waals surface area (Å²) in [5, 5.41) is 13.2. The van der Waals surface area contributed by atoms with Gasteiger partial charge < -0.3 is 4.74 Å². The number of hydrogen-bond donors (Lipinski definition) is 1. The quantitative estimate of drug-likeness (QED) is 0.779. The van der Waals surface area contributed by atoms with E-state index in [0.29, 0.717) is 11.3 Å². The van der Waals surface area contributed by atoms with Gasteiger partial charge in [0.05, 0.1) is 13.2 Å². The van der Waals surface area contributed by atoms with E-state index in [2.05, 4.69) is 24.4 Å². The summed E-state index contributed by atoms with van der Waals surface area (Å²) in [5.74, 6) is 0.901. The van der Waals surface area contributed by atoms with Gasteiger partial charge in [-0.15, -0.1) is 11.8 Å². The van der Waals surface area contributed by atoms with Crippen LogP contribution in [0, 0.1) is 11.3 Å². The first kappa shape index (κ1) is 15.2. The maximum absolute atomic E-state index is 9.43. The Hall–Kier alpha value is -1.18. The van der Waals surface area contributed by atoms with Crippen LogP contribution in [-0.2, 0) is 0 Å². The number of methoxy groups -OCH3 is 1. The van der Waals surface area contributed by atoms with Crippen molar-refractivity contribution in [3.8, 4) is 11.8 Å². The normalized spacial score (nSPS) is 18.9. The van der Waals surface area contributed by atoms with E-state index in [9.17, 15) is 5.26 Å². The molecule has 4 heteroatoms. The molecule has 0 aliphatic heterocycles. The summed E-state index contributed by atoms with van der Waals surface area (Å²) in [6, 6.07) is 11.0. The number of rotatable bonds is 7. The summed E-state index contributed by atoms with van der Waals surface area (Å²) in [7, 11) is 1.69. The van der Waals surface area contributed by atoms with Crippen molar-refractivity contribution in [2.45, 2.75) is 54.8 Å². The predicted molar refractivity (Wildman–Crippen MR) is 83.1 cm³/mol. The molecular weight excluding hydrogens is 268 g/mol. The first-order valence-corrected chi connectivity index (χ1v) is 7.93. The van der Waals surface area contributed by atoms with Gasteiger partial charge in [0.2, 0.25) is 0 Å². The van der Waals surface area contributed by atoms with E-state index in [1.54, 1.807) is 18.9 Å². The molecule has 0 amide bonds. The van der Waals surface area contributed by atoms with Crippen molar-refractivity contribution in [1.82, 2.24) is 5.32 Å². The lowest BCUT2D eigenvalue weighted by Gasteiger charge is -2.26. The maximum Gasteiger partial charge on any atom is 0.132 e. The van der Waals surface area contributed by atoms with Gasteiger partial charge in [-0.25, -0.2) is 0 Å². The minimum atomic E-state index is -0.435. The van der Waals surface area contributed by atoms with Gasteiger partial charge in [0.1, 0.15) is 11.3 Å². The second-order valence-electron chi connectivity index (χ2n) is 5.65. The highest BCUT2D eigenvalue weighted by Crippen LogP contribution is 2.35. The summed E-state index contributed by atoms with van der Waals surface area (Å²) >= 11 is 1.77. The highest BCUT2D eigenvalue weighted by atomic mass is 32.2. The fraction of sp³-hybridized carbons (Fsp3) is 0.562. The maximum atomic E-state index is 9.43. The molecule has 1 aromatic carbocycles. The average Bonchev–Trinajstić information content (AvgIpc) is 3.22. The zero-order chi connectivity index (χ0) is 14.6. The lowest BCUT2D eigenvalue weighted by molar-refractivity contribution is 0.403. The Kier molecular flexibility index (Phi) is 4.95. The van der Waals surface area contributed by atoms with Crippen LogP contribution in [-0.4, -0.2) is 23.9 Å². The van der Waals surface area contributed by atoms with Crippen LogP contribution in [0.3, 0.4) is 0 Å². The number of benzene rings is 1. The Labute approximate surface area is 125 Å². The van der Waals surface area contributed by atoms with Crippen LogP contribution in [0.4, 0.5) is 0 Å². The smallest absolute Gasteiger partial charge is 0.132 e. The number of para-hydroxylation sites is 1. The van der Waals surface area contributed by atoms with E-state index >= 15 is 0 Å². The Morgan fingerprint density at radius 3 is 2.80 bits per heavy atom. The van der Waals surface area contributed by atoms with E-state index in [0.717, 1.165) is 17.1 Å². The molecule has 2 rings (SSSR count). The van der Waals surface area contributed by atoms with Crippen molar-refractivity contribution in [1.29, 1.82) is 5.26 Å². The number of nitriles is 1. The third kappa shape index (κ3) is 4.16. The molecule has 20 heavy (non-hydrogen) atoms. The third-order valence-electron chi connectivity index (χ3n) is 3.44. The van der Waals surface area contributed by atoms with E-state index in [4.69, 9.17) is 4.74 Å². The zero-order valence-corrected chi connectivity index (χ0v) is 13.2. The zero-order valence-electron chi connectivity index (χ0n) is 12.3. The second kappa shape index (κ2) is 6.51. The molecule has 1 aliphatic rings. The molecule has 1 fully saturated rings. The SMILES string of the molecule is COc1ccccc1SC(C)CC(C)(C#N)NC1CC1. The van der Waals surface area contributed by atoms with Gasteiger partial charge in [-0.05, 0) is 38.3 Å². The first-order chi connectivity index (χ1) is 9.56. The van der Waals surface area contributed by atoms with E-state index in [1.165, 1.54) is 12.8 Å². The van der Waals surface area contributed by atoms with Gasteiger partial charge in [0, 0.05) is 16.2 Å².